The summed E-state index contributed by atoms with van der Waals surface area (Å²) >= 11 is 5.76. The number of piperidine rings is 1. The molecule has 3 fully saturated rings. The molecule has 1 aromatic heterocycles. The van der Waals surface area contributed by atoms with Gasteiger partial charge >= 0.3 is 0 Å². The first kappa shape index (κ1) is 13.2. The van der Waals surface area contributed by atoms with Gasteiger partial charge in [0.15, 0.2) is 11.6 Å². The summed E-state index contributed by atoms with van der Waals surface area (Å²) in [6.45, 7) is 3.41. The van der Waals surface area contributed by atoms with Gasteiger partial charge in [-0.25, -0.2) is 9.37 Å². The Kier molecular flexibility index (Phi) is 2.70. The molecule has 0 bridgehead atoms. The largest absolute Gasteiger partial charge is 0.351 e. The predicted molar refractivity (Wildman–Crippen MR) is 75.5 cm³/mol. The summed E-state index contributed by atoms with van der Waals surface area (Å²) in [4.78, 5) is 21.5. The van der Waals surface area contributed by atoms with E-state index < -0.39 is 5.82 Å². The standard InChI is InChI=1S/C14H16ClFN4O/c1-7-9-5-20(11-10(16)4-17-13(15)18-11)6-14(7,9)19-12(21)8-2-3-8/h4,7-9H,2-3,5-6H2,1H3,(H,19,21)/t7-,9+,14+/m1/s1. The normalized spacial score (nSPS) is 33.8. The van der Waals surface area contributed by atoms with Gasteiger partial charge in [-0.2, -0.15) is 4.98 Å². The average molecular weight is 311 g/mol. The van der Waals surface area contributed by atoms with E-state index in [1.54, 1.807) is 0 Å². The average Bonchev–Trinajstić information content (AvgIpc) is 3.33. The molecule has 21 heavy (non-hydrogen) atoms. The van der Waals surface area contributed by atoms with Crippen LogP contribution < -0.4 is 10.2 Å². The van der Waals surface area contributed by atoms with Gasteiger partial charge < -0.3 is 10.2 Å². The molecule has 0 aromatic carbocycles. The third-order valence-corrected chi connectivity index (χ3v) is 5.32. The van der Waals surface area contributed by atoms with E-state index in [1.807, 2.05) is 4.90 Å². The van der Waals surface area contributed by atoms with E-state index in [2.05, 4.69) is 22.2 Å². The Morgan fingerprint density at radius 3 is 3.05 bits per heavy atom. The lowest BCUT2D eigenvalue weighted by Gasteiger charge is -2.24. The molecule has 0 spiro atoms. The molecular weight excluding hydrogens is 295 g/mol. The van der Waals surface area contributed by atoms with E-state index in [0.29, 0.717) is 24.9 Å². The molecule has 1 amide bonds. The van der Waals surface area contributed by atoms with E-state index in [0.717, 1.165) is 19.0 Å². The summed E-state index contributed by atoms with van der Waals surface area (Å²) in [5, 5.41) is 3.23. The van der Waals surface area contributed by atoms with Gasteiger partial charge in [-0.05, 0) is 30.4 Å². The molecule has 1 aliphatic heterocycles. The van der Waals surface area contributed by atoms with Crippen LogP contribution in [-0.4, -0.2) is 34.5 Å². The Morgan fingerprint density at radius 1 is 1.57 bits per heavy atom. The van der Waals surface area contributed by atoms with Gasteiger partial charge in [-0.3, -0.25) is 4.79 Å². The highest BCUT2D eigenvalue weighted by Crippen LogP contribution is 2.56. The topological polar surface area (TPSA) is 58.1 Å². The smallest absolute Gasteiger partial charge is 0.224 e. The Hall–Kier alpha value is -1.43. The van der Waals surface area contributed by atoms with E-state index in [-0.39, 0.29) is 28.5 Å². The van der Waals surface area contributed by atoms with E-state index >= 15 is 0 Å². The zero-order valence-corrected chi connectivity index (χ0v) is 12.4. The van der Waals surface area contributed by atoms with Crippen LogP contribution in [0.25, 0.3) is 0 Å². The lowest BCUT2D eigenvalue weighted by Crippen LogP contribution is -2.45. The first-order valence-electron chi connectivity index (χ1n) is 7.26. The van der Waals surface area contributed by atoms with Crippen LogP contribution in [0, 0.1) is 23.6 Å². The third kappa shape index (κ3) is 1.99. The predicted octanol–water partition coefficient (Wildman–Crippen LogP) is 1.62. The molecule has 0 radical (unpaired) electrons. The summed E-state index contributed by atoms with van der Waals surface area (Å²) in [5.74, 6) is 0.871. The van der Waals surface area contributed by atoms with Crippen LogP contribution in [0.1, 0.15) is 19.8 Å². The van der Waals surface area contributed by atoms with Gasteiger partial charge in [0.2, 0.25) is 11.2 Å². The Balaban J connectivity index is 1.54. The first-order valence-corrected chi connectivity index (χ1v) is 7.64. The number of nitrogens with zero attached hydrogens (tertiary/aromatic N) is 3. The van der Waals surface area contributed by atoms with Crippen LogP contribution in [-0.2, 0) is 4.79 Å². The van der Waals surface area contributed by atoms with Crippen molar-refractivity contribution in [3.8, 4) is 0 Å². The van der Waals surface area contributed by atoms with Crippen molar-refractivity contribution in [1.82, 2.24) is 15.3 Å². The minimum atomic E-state index is -0.475. The third-order valence-electron chi connectivity index (χ3n) is 5.14. The van der Waals surface area contributed by atoms with Crippen molar-refractivity contribution < 1.29 is 9.18 Å². The molecule has 1 saturated heterocycles. The lowest BCUT2D eigenvalue weighted by atomic mass is 10.2. The van der Waals surface area contributed by atoms with Crippen LogP contribution in [0.3, 0.4) is 0 Å². The van der Waals surface area contributed by atoms with Crippen LogP contribution >= 0.6 is 11.6 Å². The number of halogens is 2. The van der Waals surface area contributed by atoms with Crippen LogP contribution in [0.4, 0.5) is 10.2 Å². The Labute approximate surface area is 126 Å². The number of carbonyl (C=O) groups is 1. The van der Waals surface area contributed by atoms with E-state index in [1.165, 1.54) is 0 Å². The highest BCUT2D eigenvalue weighted by molar-refractivity contribution is 6.28. The fraction of sp³-hybridized carbons (Fsp3) is 0.643. The number of amides is 1. The van der Waals surface area contributed by atoms with Gasteiger partial charge in [0.1, 0.15) is 0 Å². The van der Waals surface area contributed by atoms with Crippen molar-refractivity contribution in [2.75, 3.05) is 18.0 Å². The molecule has 1 aromatic rings. The molecule has 3 atom stereocenters. The van der Waals surface area contributed by atoms with Crippen molar-refractivity contribution in [3.05, 3.63) is 17.3 Å². The second-order valence-corrected chi connectivity index (χ2v) is 6.73. The zero-order valence-electron chi connectivity index (χ0n) is 11.6. The number of hydrogen-bond donors (Lipinski definition) is 1. The van der Waals surface area contributed by atoms with Gasteiger partial charge in [-0.15, -0.1) is 0 Å². The van der Waals surface area contributed by atoms with Crippen LogP contribution in [0.2, 0.25) is 5.28 Å². The molecule has 2 aliphatic carbocycles. The fourth-order valence-electron chi connectivity index (χ4n) is 3.57. The van der Waals surface area contributed by atoms with Crippen molar-refractivity contribution in [1.29, 1.82) is 0 Å². The minimum absolute atomic E-state index is 0.0380. The van der Waals surface area contributed by atoms with Crippen LogP contribution in [0.15, 0.2) is 6.20 Å². The molecule has 1 N–H and O–H groups in total. The molecule has 5 nitrogen and oxygen atoms in total. The van der Waals surface area contributed by atoms with Gasteiger partial charge in [0, 0.05) is 24.9 Å². The first-order chi connectivity index (χ1) is 10.0. The number of aromatic nitrogens is 2. The molecule has 2 saturated carbocycles. The number of rotatable bonds is 3. The second kappa shape index (κ2) is 4.29. The maximum absolute atomic E-state index is 13.9. The fourth-order valence-corrected chi connectivity index (χ4v) is 3.70. The molecule has 4 rings (SSSR count). The van der Waals surface area contributed by atoms with E-state index in [4.69, 9.17) is 11.6 Å². The SMILES string of the molecule is C[C@@H]1[C@@H]2CN(c3nc(Cl)ncc3F)C[C@]12NC(=O)C1CC1. The molecule has 112 valence electrons. The van der Waals surface area contributed by atoms with Crippen molar-refractivity contribution in [2.45, 2.75) is 25.3 Å². The molecule has 3 aliphatic rings. The van der Waals surface area contributed by atoms with Crippen molar-refractivity contribution >= 4 is 23.3 Å². The molecular formula is C14H16ClFN4O. The quantitative estimate of drug-likeness (QED) is 0.862. The second-order valence-electron chi connectivity index (χ2n) is 6.39. The lowest BCUT2D eigenvalue weighted by molar-refractivity contribution is -0.123. The summed E-state index contributed by atoms with van der Waals surface area (Å²) in [5.41, 5.74) is -0.219. The maximum Gasteiger partial charge on any atom is 0.224 e. The van der Waals surface area contributed by atoms with Crippen molar-refractivity contribution in [2.24, 2.45) is 17.8 Å². The highest BCUT2D eigenvalue weighted by atomic mass is 35.5. The minimum Gasteiger partial charge on any atom is -0.351 e. The van der Waals surface area contributed by atoms with Gasteiger partial charge in [0.05, 0.1) is 11.7 Å². The zero-order chi connectivity index (χ0) is 14.8. The summed E-state index contributed by atoms with van der Waals surface area (Å²) in [6.07, 6.45) is 3.06. The monoisotopic (exact) mass is 310 g/mol. The summed E-state index contributed by atoms with van der Waals surface area (Å²) < 4.78 is 13.9. The Morgan fingerprint density at radius 2 is 2.33 bits per heavy atom. The van der Waals surface area contributed by atoms with Crippen LogP contribution in [0.5, 0.6) is 0 Å². The number of fused-ring (bicyclic) bond motifs is 1. The number of nitrogens with one attached hydrogen (secondary N) is 1. The van der Waals surface area contributed by atoms with E-state index in [9.17, 15) is 9.18 Å². The van der Waals surface area contributed by atoms with Crippen molar-refractivity contribution in [3.63, 3.8) is 0 Å². The summed E-state index contributed by atoms with van der Waals surface area (Å²) in [7, 11) is 0. The van der Waals surface area contributed by atoms with Gasteiger partial charge in [-0.1, -0.05) is 6.92 Å². The summed E-state index contributed by atoms with van der Waals surface area (Å²) in [6, 6.07) is 0. The highest BCUT2D eigenvalue weighted by Gasteiger charge is 2.68. The van der Waals surface area contributed by atoms with Gasteiger partial charge in [0.25, 0.3) is 0 Å². The number of anilines is 1. The molecule has 2 heterocycles. The number of carbonyl (C=O) groups excluding carboxylic acids is 1. The molecule has 7 heteroatoms. The Bertz CT molecular complexity index is 623. The molecule has 0 unspecified atom stereocenters. The number of hydrogen-bond acceptors (Lipinski definition) is 4. The maximum atomic E-state index is 13.9.